The van der Waals surface area contributed by atoms with Crippen LogP contribution in [-0.2, 0) is 4.79 Å². The van der Waals surface area contributed by atoms with Crippen LogP contribution in [0.2, 0.25) is 5.02 Å². The van der Waals surface area contributed by atoms with Crippen molar-refractivity contribution in [2.45, 2.75) is 6.92 Å². The number of ether oxygens (including phenoxy) is 1. The minimum Gasteiger partial charge on any atom is -0.492 e. The summed E-state index contributed by atoms with van der Waals surface area (Å²) in [6.07, 6.45) is 1.41. The third kappa shape index (κ3) is 5.55. The van der Waals surface area contributed by atoms with Crippen molar-refractivity contribution in [2.24, 2.45) is 0 Å². The van der Waals surface area contributed by atoms with Gasteiger partial charge in [-0.25, -0.2) is 0 Å². The summed E-state index contributed by atoms with van der Waals surface area (Å²) in [4.78, 5) is 23.0. The Morgan fingerprint density at radius 2 is 2.00 bits per heavy atom. The molecular weight excluding hydrogens is 611 g/mol. The second kappa shape index (κ2) is 10.0. The highest BCUT2D eigenvalue weighted by Gasteiger charge is 2.19. The first-order valence-electron chi connectivity index (χ1n) is 7.75. The van der Waals surface area contributed by atoms with E-state index >= 15 is 0 Å². The number of carbonyl (C=O) groups is 1. The van der Waals surface area contributed by atoms with Gasteiger partial charge in [0.25, 0.3) is 11.6 Å². The fourth-order valence-corrected chi connectivity index (χ4v) is 4.51. The lowest BCUT2D eigenvalue weighted by molar-refractivity contribution is -0.383. The van der Waals surface area contributed by atoms with Gasteiger partial charge in [-0.3, -0.25) is 14.9 Å². The summed E-state index contributed by atoms with van der Waals surface area (Å²) < 4.78 is 7.24. The molecule has 0 heterocycles. The van der Waals surface area contributed by atoms with E-state index in [4.69, 9.17) is 16.3 Å². The molecule has 0 unspecified atom stereocenters. The molecule has 28 heavy (non-hydrogen) atoms. The molecule has 0 saturated carbocycles. The molecule has 0 saturated heterocycles. The van der Waals surface area contributed by atoms with Gasteiger partial charge >= 0.3 is 0 Å². The van der Waals surface area contributed by atoms with Crippen molar-refractivity contribution < 1.29 is 14.5 Å². The maximum atomic E-state index is 12.5. The second-order valence-corrected chi connectivity index (χ2v) is 8.05. The van der Waals surface area contributed by atoms with Crippen LogP contribution >= 0.6 is 56.8 Å². The number of benzene rings is 2. The van der Waals surface area contributed by atoms with E-state index in [-0.39, 0.29) is 22.0 Å². The lowest BCUT2D eigenvalue weighted by Crippen LogP contribution is -2.14. The van der Waals surface area contributed by atoms with Crippen molar-refractivity contribution in [1.82, 2.24) is 0 Å². The van der Waals surface area contributed by atoms with E-state index in [1.54, 1.807) is 12.1 Å². The van der Waals surface area contributed by atoms with Crippen molar-refractivity contribution in [3.8, 4) is 11.8 Å². The standard InChI is InChI=1S/C18H12ClI2N3O4/c1-2-28-17-13(20)6-10(7-14(17)21)5-11(9-22)18(25)23-15-4-3-12(19)8-16(15)24(26)27/h3-8H,2H2,1H3,(H,23,25)/b11-5+. The molecule has 2 aromatic rings. The van der Waals surface area contributed by atoms with E-state index in [1.807, 2.05) is 13.0 Å². The number of nitro benzene ring substituents is 1. The molecule has 2 rings (SSSR count). The zero-order valence-corrected chi connectivity index (χ0v) is 19.4. The fourth-order valence-electron chi connectivity index (χ4n) is 2.21. The summed E-state index contributed by atoms with van der Waals surface area (Å²) in [7, 11) is 0. The third-order valence-corrected chi connectivity index (χ3v) is 5.23. The van der Waals surface area contributed by atoms with Crippen molar-refractivity contribution in [1.29, 1.82) is 5.26 Å². The number of halogens is 3. The van der Waals surface area contributed by atoms with Gasteiger partial charge in [0.2, 0.25) is 0 Å². The van der Waals surface area contributed by atoms with Gasteiger partial charge in [-0.2, -0.15) is 5.26 Å². The maximum absolute atomic E-state index is 12.5. The quantitative estimate of drug-likeness (QED) is 0.153. The van der Waals surface area contributed by atoms with Crippen LogP contribution in [-0.4, -0.2) is 17.4 Å². The number of nitro groups is 1. The molecule has 0 aliphatic rings. The highest BCUT2D eigenvalue weighted by atomic mass is 127. The minimum absolute atomic E-state index is 0.0450. The summed E-state index contributed by atoms with van der Waals surface area (Å²) in [6.45, 7) is 2.40. The van der Waals surface area contributed by atoms with Gasteiger partial charge in [0.1, 0.15) is 23.1 Å². The first kappa shape index (κ1) is 22.4. The lowest BCUT2D eigenvalue weighted by atomic mass is 10.1. The predicted octanol–water partition coefficient (Wildman–Crippen LogP) is 5.40. The number of hydrogen-bond donors (Lipinski definition) is 1. The molecule has 0 spiro atoms. The molecule has 10 heteroatoms. The Bertz CT molecular complexity index is 995. The maximum Gasteiger partial charge on any atom is 0.294 e. The molecule has 1 N–H and O–H groups in total. The van der Waals surface area contributed by atoms with E-state index in [0.29, 0.717) is 12.2 Å². The van der Waals surface area contributed by atoms with Gasteiger partial charge in [0, 0.05) is 11.1 Å². The smallest absolute Gasteiger partial charge is 0.294 e. The van der Waals surface area contributed by atoms with Crippen LogP contribution in [0, 0.1) is 28.6 Å². The molecule has 0 aliphatic carbocycles. The fraction of sp³-hybridized carbons (Fsp3) is 0.111. The Balaban J connectivity index is 2.35. The zero-order valence-electron chi connectivity index (χ0n) is 14.3. The van der Waals surface area contributed by atoms with E-state index in [0.717, 1.165) is 19.0 Å². The highest BCUT2D eigenvalue weighted by molar-refractivity contribution is 14.1. The van der Waals surface area contributed by atoms with Crippen LogP contribution in [0.3, 0.4) is 0 Å². The normalized spacial score (nSPS) is 10.9. The third-order valence-electron chi connectivity index (χ3n) is 3.39. The predicted molar refractivity (Wildman–Crippen MR) is 123 cm³/mol. The number of hydrogen-bond acceptors (Lipinski definition) is 5. The summed E-state index contributed by atoms with van der Waals surface area (Å²) in [5.74, 6) is -0.0209. The largest absolute Gasteiger partial charge is 0.492 e. The molecule has 144 valence electrons. The highest BCUT2D eigenvalue weighted by Crippen LogP contribution is 2.31. The van der Waals surface area contributed by atoms with Crippen LogP contribution in [0.1, 0.15) is 12.5 Å². The van der Waals surface area contributed by atoms with Crippen LogP contribution in [0.5, 0.6) is 5.75 Å². The molecule has 0 aromatic heterocycles. The van der Waals surface area contributed by atoms with E-state index in [9.17, 15) is 20.2 Å². The van der Waals surface area contributed by atoms with Crippen molar-refractivity contribution in [2.75, 3.05) is 11.9 Å². The minimum atomic E-state index is -0.758. The molecule has 0 bridgehead atoms. The molecular formula is C18H12ClI2N3O4. The summed E-state index contributed by atoms with van der Waals surface area (Å²) in [5, 5.41) is 23.1. The average Bonchev–Trinajstić information content (AvgIpc) is 2.63. The number of rotatable bonds is 6. The first-order chi connectivity index (χ1) is 13.3. The Morgan fingerprint density at radius 1 is 1.36 bits per heavy atom. The van der Waals surface area contributed by atoms with Gasteiger partial charge in [0.05, 0.1) is 18.7 Å². The Kier molecular flexibility index (Phi) is 8.02. The van der Waals surface area contributed by atoms with Crippen molar-refractivity contribution in [3.05, 3.63) is 63.7 Å². The Labute approximate surface area is 193 Å². The molecule has 0 radical (unpaired) electrons. The molecule has 0 atom stereocenters. The number of nitrogens with one attached hydrogen (secondary N) is 1. The topological polar surface area (TPSA) is 105 Å². The second-order valence-electron chi connectivity index (χ2n) is 5.29. The number of anilines is 1. The number of nitrogens with zero attached hydrogens (tertiary/aromatic N) is 2. The van der Waals surface area contributed by atoms with E-state index in [1.165, 1.54) is 18.2 Å². The van der Waals surface area contributed by atoms with E-state index < -0.39 is 10.8 Å². The van der Waals surface area contributed by atoms with E-state index in [2.05, 4.69) is 50.5 Å². The summed E-state index contributed by atoms with van der Waals surface area (Å²) in [5.41, 5.74) is 0.0364. The number of carbonyl (C=O) groups excluding carboxylic acids is 1. The number of amides is 1. The van der Waals surface area contributed by atoms with Crippen molar-refractivity contribution in [3.63, 3.8) is 0 Å². The SMILES string of the molecule is CCOc1c(I)cc(/C=C(\C#N)C(=O)Nc2ccc(Cl)cc2[N+](=O)[O-])cc1I. The lowest BCUT2D eigenvalue weighted by Gasteiger charge is -2.10. The van der Waals surface area contributed by atoms with Crippen molar-refractivity contribution >= 4 is 80.1 Å². The summed E-state index contributed by atoms with van der Waals surface area (Å²) in [6, 6.07) is 9.25. The number of nitriles is 1. The monoisotopic (exact) mass is 623 g/mol. The van der Waals surface area contributed by atoms with Crippen LogP contribution in [0.25, 0.3) is 6.08 Å². The zero-order chi connectivity index (χ0) is 20.8. The molecule has 7 nitrogen and oxygen atoms in total. The van der Waals surface area contributed by atoms with Crippen LogP contribution in [0.15, 0.2) is 35.9 Å². The first-order valence-corrected chi connectivity index (χ1v) is 10.3. The average molecular weight is 624 g/mol. The Morgan fingerprint density at radius 3 is 2.54 bits per heavy atom. The van der Waals surface area contributed by atoms with Gasteiger partial charge in [-0.1, -0.05) is 11.6 Å². The molecule has 2 aromatic carbocycles. The molecule has 0 fully saturated rings. The molecule has 0 aliphatic heterocycles. The van der Waals surface area contributed by atoms with Gasteiger partial charge in [0.15, 0.2) is 0 Å². The van der Waals surface area contributed by atoms with Crippen LogP contribution in [0.4, 0.5) is 11.4 Å². The van der Waals surface area contributed by atoms with Gasteiger partial charge in [-0.05, 0) is 88.0 Å². The van der Waals surface area contributed by atoms with Crippen LogP contribution < -0.4 is 10.1 Å². The molecule has 1 amide bonds. The summed E-state index contributed by atoms with van der Waals surface area (Å²) >= 11 is 10.00. The van der Waals surface area contributed by atoms with Gasteiger partial charge in [-0.15, -0.1) is 0 Å². The Hall–Kier alpha value is -1.91. The van der Waals surface area contributed by atoms with Gasteiger partial charge < -0.3 is 10.1 Å².